The number of nitrogens with one attached hydrogen (secondary N) is 1. The molecule has 1 aromatic heterocycles. The molecule has 3 aromatic rings. The highest BCUT2D eigenvalue weighted by Crippen LogP contribution is 2.26. The number of aryl methyl sites for hydroxylation is 1. The largest absolute Gasteiger partial charge is 0.310 e. The van der Waals surface area contributed by atoms with E-state index in [0.717, 1.165) is 16.3 Å². The molecule has 0 unspecified atom stereocenters. The maximum absolute atomic E-state index is 12.3. The molecule has 1 N–H and O–H groups in total. The quantitative estimate of drug-likeness (QED) is 0.680. The van der Waals surface area contributed by atoms with Crippen molar-refractivity contribution in [3.8, 4) is 5.69 Å². The summed E-state index contributed by atoms with van der Waals surface area (Å²) in [5.41, 5.74) is 1.74. The molecule has 2 aromatic carbocycles. The molecule has 0 radical (unpaired) electrons. The van der Waals surface area contributed by atoms with Crippen LogP contribution in [-0.2, 0) is 4.79 Å². The molecule has 6 heteroatoms. The first-order valence-corrected chi connectivity index (χ1v) is 8.79. The van der Waals surface area contributed by atoms with Crippen LogP contribution in [0.25, 0.3) is 5.69 Å². The van der Waals surface area contributed by atoms with Crippen molar-refractivity contribution in [2.75, 3.05) is 11.1 Å². The number of halogens is 1. The number of carbonyl (C=O) groups excluding carboxylic acids is 1. The van der Waals surface area contributed by atoms with Gasteiger partial charge in [0.25, 0.3) is 0 Å². The van der Waals surface area contributed by atoms with E-state index < -0.39 is 0 Å². The van der Waals surface area contributed by atoms with Crippen molar-refractivity contribution in [3.63, 3.8) is 0 Å². The van der Waals surface area contributed by atoms with Crippen LogP contribution in [0.15, 0.2) is 65.6 Å². The lowest BCUT2D eigenvalue weighted by molar-refractivity contribution is -0.113. The van der Waals surface area contributed by atoms with Gasteiger partial charge in [-0.1, -0.05) is 41.9 Å². The number of amides is 1. The summed E-state index contributed by atoms with van der Waals surface area (Å²) >= 11 is 7.52. The van der Waals surface area contributed by atoms with Crippen molar-refractivity contribution < 1.29 is 4.79 Å². The second-order valence-electron chi connectivity index (χ2n) is 5.19. The van der Waals surface area contributed by atoms with Crippen molar-refractivity contribution >= 4 is 35.1 Å². The molecule has 0 spiro atoms. The summed E-state index contributed by atoms with van der Waals surface area (Å²) in [5.74, 6) is 0.836. The fourth-order valence-electron chi connectivity index (χ4n) is 2.24. The molecule has 0 bridgehead atoms. The molecule has 24 heavy (non-hydrogen) atoms. The number of hydrogen-bond acceptors (Lipinski definition) is 3. The number of aromatic nitrogens is 2. The summed E-state index contributed by atoms with van der Waals surface area (Å²) in [4.78, 5) is 13.2. The molecule has 0 aliphatic heterocycles. The van der Waals surface area contributed by atoms with Crippen LogP contribution in [0.2, 0.25) is 5.02 Å². The molecule has 0 saturated carbocycles. The van der Waals surface area contributed by atoms with E-state index in [4.69, 9.17) is 11.6 Å². The Labute approximate surface area is 149 Å². The smallest absolute Gasteiger partial charge is 0.235 e. The van der Waals surface area contributed by atoms with E-state index in [0.29, 0.717) is 10.8 Å². The van der Waals surface area contributed by atoms with Crippen LogP contribution in [0.1, 0.15) is 5.69 Å². The first-order valence-electron chi connectivity index (χ1n) is 7.43. The second kappa shape index (κ2) is 7.55. The zero-order chi connectivity index (χ0) is 16.9. The Morgan fingerprint density at radius 1 is 1.17 bits per heavy atom. The molecular formula is C18H16ClN3OS. The SMILES string of the molecule is Cc1cc(NC(=O)CSc2ccccc2Cl)n(-c2ccccc2)n1. The van der Waals surface area contributed by atoms with Gasteiger partial charge < -0.3 is 5.32 Å². The third kappa shape index (κ3) is 3.99. The molecule has 1 heterocycles. The van der Waals surface area contributed by atoms with Crippen molar-refractivity contribution in [2.45, 2.75) is 11.8 Å². The maximum Gasteiger partial charge on any atom is 0.235 e. The lowest BCUT2D eigenvalue weighted by Crippen LogP contribution is -2.16. The Bertz CT molecular complexity index is 848. The number of para-hydroxylation sites is 1. The van der Waals surface area contributed by atoms with Crippen LogP contribution >= 0.6 is 23.4 Å². The zero-order valence-electron chi connectivity index (χ0n) is 13.1. The summed E-state index contributed by atoms with van der Waals surface area (Å²) in [6, 6.07) is 19.0. The number of rotatable bonds is 5. The summed E-state index contributed by atoms with van der Waals surface area (Å²) in [7, 11) is 0. The van der Waals surface area contributed by atoms with Gasteiger partial charge in [-0.3, -0.25) is 4.79 Å². The van der Waals surface area contributed by atoms with Gasteiger partial charge in [-0.25, -0.2) is 4.68 Å². The summed E-state index contributed by atoms with van der Waals surface area (Å²) in [6.45, 7) is 1.90. The van der Waals surface area contributed by atoms with Gasteiger partial charge in [0.05, 0.1) is 22.2 Å². The number of benzene rings is 2. The van der Waals surface area contributed by atoms with Gasteiger partial charge >= 0.3 is 0 Å². The first-order chi connectivity index (χ1) is 11.6. The molecule has 3 rings (SSSR count). The van der Waals surface area contributed by atoms with Crippen LogP contribution in [0.5, 0.6) is 0 Å². The molecule has 0 aliphatic carbocycles. The third-order valence-corrected chi connectivity index (χ3v) is 4.81. The lowest BCUT2D eigenvalue weighted by Gasteiger charge is -2.09. The Kier molecular flexibility index (Phi) is 5.23. The highest BCUT2D eigenvalue weighted by Gasteiger charge is 2.11. The molecule has 1 amide bonds. The van der Waals surface area contributed by atoms with Crippen molar-refractivity contribution in [2.24, 2.45) is 0 Å². The molecule has 0 atom stereocenters. The van der Waals surface area contributed by atoms with Crippen LogP contribution in [0, 0.1) is 6.92 Å². The van der Waals surface area contributed by atoms with E-state index in [1.165, 1.54) is 11.8 Å². The van der Waals surface area contributed by atoms with E-state index >= 15 is 0 Å². The van der Waals surface area contributed by atoms with Crippen molar-refractivity contribution in [1.29, 1.82) is 0 Å². The van der Waals surface area contributed by atoms with Gasteiger partial charge in [-0.05, 0) is 31.2 Å². The summed E-state index contributed by atoms with van der Waals surface area (Å²) < 4.78 is 1.73. The molecule has 0 fully saturated rings. The fraction of sp³-hybridized carbons (Fsp3) is 0.111. The lowest BCUT2D eigenvalue weighted by atomic mass is 10.3. The Balaban J connectivity index is 1.70. The molecule has 122 valence electrons. The standard InChI is InChI=1S/C18H16ClN3OS/c1-13-11-17(22(21-13)14-7-3-2-4-8-14)20-18(23)12-24-16-10-6-5-9-15(16)19/h2-11H,12H2,1H3,(H,20,23). The Morgan fingerprint density at radius 3 is 2.62 bits per heavy atom. The van der Waals surface area contributed by atoms with Crippen LogP contribution < -0.4 is 5.32 Å². The van der Waals surface area contributed by atoms with Gasteiger partial charge in [0, 0.05) is 11.0 Å². The van der Waals surface area contributed by atoms with Gasteiger partial charge in [-0.15, -0.1) is 11.8 Å². The molecule has 4 nitrogen and oxygen atoms in total. The zero-order valence-corrected chi connectivity index (χ0v) is 14.6. The topological polar surface area (TPSA) is 46.9 Å². The van der Waals surface area contributed by atoms with Gasteiger partial charge in [0.1, 0.15) is 5.82 Å². The van der Waals surface area contributed by atoms with Crippen LogP contribution in [0.4, 0.5) is 5.82 Å². The maximum atomic E-state index is 12.3. The number of carbonyl (C=O) groups is 1. The minimum absolute atomic E-state index is 0.1000. The summed E-state index contributed by atoms with van der Waals surface area (Å²) in [6.07, 6.45) is 0. The predicted molar refractivity (Wildman–Crippen MR) is 99.1 cm³/mol. The highest BCUT2D eigenvalue weighted by molar-refractivity contribution is 8.00. The molecular weight excluding hydrogens is 342 g/mol. The number of nitrogens with zero attached hydrogens (tertiary/aromatic N) is 2. The van der Waals surface area contributed by atoms with E-state index in [-0.39, 0.29) is 11.7 Å². The number of hydrogen-bond donors (Lipinski definition) is 1. The van der Waals surface area contributed by atoms with Gasteiger partial charge in [0.2, 0.25) is 5.91 Å². The van der Waals surface area contributed by atoms with Crippen LogP contribution in [-0.4, -0.2) is 21.4 Å². The Hall–Kier alpha value is -2.24. The van der Waals surface area contributed by atoms with E-state index in [2.05, 4.69) is 10.4 Å². The average Bonchev–Trinajstić information content (AvgIpc) is 2.95. The van der Waals surface area contributed by atoms with E-state index in [1.807, 2.05) is 67.6 Å². The minimum atomic E-state index is -0.1000. The van der Waals surface area contributed by atoms with E-state index in [9.17, 15) is 4.79 Å². The second-order valence-corrected chi connectivity index (χ2v) is 6.61. The normalized spacial score (nSPS) is 10.6. The molecule has 0 aliphatic rings. The fourth-order valence-corrected chi connectivity index (χ4v) is 3.28. The van der Waals surface area contributed by atoms with E-state index in [1.54, 1.807) is 4.68 Å². The monoisotopic (exact) mass is 357 g/mol. The average molecular weight is 358 g/mol. The van der Waals surface area contributed by atoms with Gasteiger partial charge in [-0.2, -0.15) is 5.10 Å². The summed E-state index contributed by atoms with van der Waals surface area (Å²) in [5, 5.41) is 8.01. The predicted octanol–water partition coefficient (Wildman–Crippen LogP) is 4.56. The van der Waals surface area contributed by atoms with Crippen LogP contribution in [0.3, 0.4) is 0 Å². The number of anilines is 1. The molecule has 0 saturated heterocycles. The van der Waals surface area contributed by atoms with Gasteiger partial charge in [0.15, 0.2) is 0 Å². The van der Waals surface area contributed by atoms with Crippen molar-refractivity contribution in [1.82, 2.24) is 9.78 Å². The third-order valence-electron chi connectivity index (χ3n) is 3.30. The minimum Gasteiger partial charge on any atom is -0.310 e. The highest BCUT2D eigenvalue weighted by atomic mass is 35.5. The Morgan fingerprint density at radius 2 is 1.88 bits per heavy atom. The first kappa shape index (κ1) is 16.6. The van der Waals surface area contributed by atoms with Crippen molar-refractivity contribution in [3.05, 3.63) is 71.4 Å². The number of thioether (sulfide) groups is 1.